The van der Waals surface area contributed by atoms with Gasteiger partial charge in [-0.25, -0.2) is 4.39 Å². The summed E-state index contributed by atoms with van der Waals surface area (Å²) in [6.45, 7) is 2.59. The lowest BCUT2D eigenvalue weighted by molar-refractivity contribution is -0.138. The Morgan fingerprint density at radius 3 is 2.41 bits per heavy atom. The molecule has 2 nitrogen and oxygen atoms in total. The van der Waals surface area contributed by atoms with Gasteiger partial charge in [0.25, 0.3) is 0 Å². The molecule has 1 heterocycles. The first-order valence-electron chi connectivity index (χ1n) is 6.83. The largest absolute Gasteiger partial charge is 0.389 e. The summed E-state index contributed by atoms with van der Waals surface area (Å²) in [5.41, 5.74) is 0.283. The van der Waals surface area contributed by atoms with Crippen LogP contribution in [0.5, 0.6) is 0 Å². The number of piperazine rings is 1. The maximum absolute atomic E-state index is 14.1. The molecule has 0 saturated carbocycles. The van der Waals surface area contributed by atoms with Crippen LogP contribution in [0.1, 0.15) is 24.4 Å². The van der Waals surface area contributed by atoms with Gasteiger partial charge in [0.2, 0.25) is 0 Å². The quantitative estimate of drug-likeness (QED) is 0.809. The van der Waals surface area contributed by atoms with Crippen molar-refractivity contribution in [3.8, 4) is 0 Å². The topological polar surface area (TPSA) is 15.3 Å². The molecule has 1 aliphatic heterocycles. The fraction of sp³-hybridized carbons (Fsp3) is 0.571. The van der Waals surface area contributed by atoms with Crippen molar-refractivity contribution in [3.05, 3.63) is 34.6 Å². The van der Waals surface area contributed by atoms with E-state index in [4.69, 9.17) is 11.6 Å². The highest BCUT2D eigenvalue weighted by molar-refractivity contribution is 6.30. The molecule has 1 atom stereocenters. The van der Waals surface area contributed by atoms with Crippen LogP contribution in [0.4, 0.5) is 17.6 Å². The molecule has 0 spiro atoms. The van der Waals surface area contributed by atoms with E-state index in [-0.39, 0.29) is 29.4 Å². The van der Waals surface area contributed by atoms with Gasteiger partial charge in [-0.3, -0.25) is 4.90 Å². The van der Waals surface area contributed by atoms with Gasteiger partial charge in [0.15, 0.2) is 0 Å². The number of halogens is 6. The fourth-order valence-electron chi connectivity index (χ4n) is 2.60. The van der Waals surface area contributed by atoms with Crippen molar-refractivity contribution >= 4 is 24.0 Å². The Labute approximate surface area is 138 Å². The Morgan fingerprint density at radius 2 is 1.86 bits per heavy atom. The van der Waals surface area contributed by atoms with E-state index in [1.807, 2.05) is 4.90 Å². The van der Waals surface area contributed by atoms with Crippen LogP contribution in [0.2, 0.25) is 5.02 Å². The zero-order chi connectivity index (χ0) is 15.5. The zero-order valence-electron chi connectivity index (χ0n) is 11.8. The van der Waals surface area contributed by atoms with Gasteiger partial charge in [-0.15, -0.1) is 12.4 Å². The van der Waals surface area contributed by atoms with Crippen LogP contribution in [-0.2, 0) is 0 Å². The number of benzene rings is 1. The van der Waals surface area contributed by atoms with Crippen LogP contribution in [0.15, 0.2) is 18.2 Å². The summed E-state index contributed by atoms with van der Waals surface area (Å²) in [6, 6.07) is 3.58. The second kappa shape index (κ2) is 8.34. The maximum atomic E-state index is 14.1. The molecule has 0 aliphatic carbocycles. The van der Waals surface area contributed by atoms with Crippen molar-refractivity contribution < 1.29 is 17.6 Å². The summed E-state index contributed by atoms with van der Waals surface area (Å²) in [7, 11) is 0. The van der Waals surface area contributed by atoms with Gasteiger partial charge in [-0.05, 0) is 18.6 Å². The summed E-state index contributed by atoms with van der Waals surface area (Å²) in [4.78, 5) is 1.90. The molecule has 0 unspecified atom stereocenters. The molecule has 0 amide bonds. The number of hydrogen-bond donors (Lipinski definition) is 1. The van der Waals surface area contributed by atoms with E-state index < -0.39 is 24.5 Å². The van der Waals surface area contributed by atoms with Gasteiger partial charge in [0.1, 0.15) is 5.82 Å². The van der Waals surface area contributed by atoms with E-state index in [9.17, 15) is 17.6 Å². The van der Waals surface area contributed by atoms with Crippen molar-refractivity contribution in [1.29, 1.82) is 0 Å². The summed E-state index contributed by atoms with van der Waals surface area (Å²) in [5.74, 6) is -0.548. The third kappa shape index (κ3) is 5.57. The molecule has 2 rings (SSSR count). The third-order valence-corrected chi connectivity index (χ3v) is 3.85. The molecule has 8 heteroatoms. The predicted molar refractivity (Wildman–Crippen MR) is 81.1 cm³/mol. The minimum absolute atomic E-state index is 0. The highest BCUT2D eigenvalue weighted by Gasteiger charge is 2.32. The lowest BCUT2D eigenvalue weighted by Crippen LogP contribution is -2.45. The Morgan fingerprint density at radius 1 is 1.23 bits per heavy atom. The SMILES string of the molecule is Cl.Fc1cc(Cl)ccc1[C@@H](CCC(F)(F)F)N1CCNCC1. The summed E-state index contributed by atoms with van der Waals surface area (Å²) in [5, 5.41) is 3.38. The highest BCUT2D eigenvalue weighted by atomic mass is 35.5. The minimum atomic E-state index is -4.24. The van der Waals surface area contributed by atoms with Gasteiger partial charge < -0.3 is 5.32 Å². The zero-order valence-corrected chi connectivity index (χ0v) is 13.4. The van der Waals surface area contributed by atoms with E-state index in [0.29, 0.717) is 26.2 Å². The Balaban J connectivity index is 0.00000242. The molecular formula is C14H18Cl2F4N2. The van der Waals surface area contributed by atoms with Crippen molar-refractivity contribution in [2.24, 2.45) is 0 Å². The van der Waals surface area contributed by atoms with E-state index in [2.05, 4.69) is 5.32 Å². The first kappa shape index (κ1) is 19.5. The van der Waals surface area contributed by atoms with Gasteiger partial charge >= 0.3 is 6.18 Å². The van der Waals surface area contributed by atoms with E-state index in [0.717, 1.165) is 6.07 Å². The lowest BCUT2D eigenvalue weighted by Gasteiger charge is -2.35. The van der Waals surface area contributed by atoms with Crippen LogP contribution in [0.3, 0.4) is 0 Å². The average Bonchev–Trinajstić information content (AvgIpc) is 2.41. The smallest absolute Gasteiger partial charge is 0.314 e. The molecule has 126 valence electrons. The Hall–Kier alpha value is -0.560. The second-order valence-electron chi connectivity index (χ2n) is 5.12. The van der Waals surface area contributed by atoms with Crippen LogP contribution >= 0.6 is 24.0 Å². The normalized spacial score (nSPS) is 17.9. The highest BCUT2D eigenvalue weighted by Crippen LogP contribution is 2.33. The minimum Gasteiger partial charge on any atom is -0.314 e. The first-order chi connectivity index (χ1) is 9.87. The summed E-state index contributed by atoms with van der Waals surface area (Å²) in [6.07, 6.45) is -5.32. The van der Waals surface area contributed by atoms with Crippen molar-refractivity contribution in [1.82, 2.24) is 10.2 Å². The molecule has 0 radical (unpaired) electrons. The number of rotatable bonds is 4. The molecule has 1 aromatic rings. The molecule has 1 aliphatic rings. The van der Waals surface area contributed by atoms with Crippen LogP contribution in [0.25, 0.3) is 0 Å². The predicted octanol–water partition coefficient (Wildman–Crippen LogP) is 4.19. The maximum Gasteiger partial charge on any atom is 0.389 e. The van der Waals surface area contributed by atoms with Crippen LogP contribution in [-0.4, -0.2) is 37.3 Å². The monoisotopic (exact) mass is 360 g/mol. The number of nitrogens with zero attached hydrogens (tertiary/aromatic N) is 1. The molecule has 22 heavy (non-hydrogen) atoms. The summed E-state index contributed by atoms with van der Waals surface area (Å²) < 4.78 is 51.6. The van der Waals surface area contributed by atoms with E-state index in [1.165, 1.54) is 12.1 Å². The fourth-order valence-corrected chi connectivity index (χ4v) is 2.76. The van der Waals surface area contributed by atoms with E-state index in [1.54, 1.807) is 0 Å². The van der Waals surface area contributed by atoms with Crippen molar-refractivity contribution in [3.63, 3.8) is 0 Å². The van der Waals surface area contributed by atoms with Crippen LogP contribution in [0, 0.1) is 5.82 Å². The Kier molecular flexibility index (Phi) is 7.38. The Bertz CT molecular complexity index is 476. The molecule has 1 fully saturated rings. The van der Waals surface area contributed by atoms with Gasteiger partial charge in [0.05, 0.1) is 0 Å². The van der Waals surface area contributed by atoms with Crippen LogP contribution < -0.4 is 5.32 Å². The second-order valence-corrected chi connectivity index (χ2v) is 5.56. The molecule has 0 bridgehead atoms. The number of hydrogen-bond acceptors (Lipinski definition) is 2. The van der Waals surface area contributed by atoms with Gasteiger partial charge in [0, 0.05) is 49.2 Å². The molecular weight excluding hydrogens is 343 g/mol. The average molecular weight is 361 g/mol. The van der Waals surface area contributed by atoms with Crippen molar-refractivity contribution in [2.45, 2.75) is 25.1 Å². The number of alkyl halides is 3. The molecule has 1 N–H and O–H groups in total. The van der Waals surface area contributed by atoms with Gasteiger partial charge in [-0.2, -0.15) is 13.2 Å². The first-order valence-corrected chi connectivity index (χ1v) is 7.21. The van der Waals surface area contributed by atoms with Gasteiger partial charge in [-0.1, -0.05) is 17.7 Å². The standard InChI is InChI=1S/C14H17ClF4N2.ClH/c15-10-1-2-11(12(16)9-10)13(3-4-14(17,18)19)21-7-5-20-6-8-21;/h1-2,9,13,20H,3-8H2;1H/t13-;/m1./s1. The number of nitrogens with one attached hydrogen (secondary N) is 1. The summed E-state index contributed by atoms with van der Waals surface area (Å²) >= 11 is 5.71. The molecule has 1 saturated heterocycles. The third-order valence-electron chi connectivity index (χ3n) is 3.62. The lowest BCUT2D eigenvalue weighted by atomic mass is 9.98. The molecule has 1 aromatic carbocycles. The van der Waals surface area contributed by atoms with Crippen molar-refractivity contribution in [2.75, 3.05) is 26.2 Å². The molecule has 0 aromatic heterocycles. The van der Waals surface area contributed by atoms with E-state index >= 15 is 0 Å².